The van der Waals surface area contributed by atoms with Crippen LogP contribution in [-0.2, 0) is 13.1 Å². The lowest BCUT2D eigenvalue weighted by Crippen LogP contribution is -2.28. The average molecular weight is 449 g/mol. The van der Waals surface area contributed by atoms with E-state index in [9.17, 15) is 0 Å². The number of rotatable bonds is 22. The molecule has 1 aromatic carbocycles. The predicted octanol–water partition coefficient (Wildman–Crippen LogP) is 2.60. The summed E-state index contributed by atoms with van der Waals surface area (Å²) in [4.78, 5) is 0. The molecule has 6 nitrogen and oxygen atoms in total. The summed E-state index contributed by atoms with van der Waals surface area (Å²) in [6, 6.07) is 10.1. The van der Waals surface area contributed by atoms with Gasteiger partial charge in [0.25, 0.3) is 0 Å². The summed E-state index contributed by atoms with van der Waals surface area (Å²) in [5, 5.41) is 21.1. The smallest absolute Gasteiger partial charge is 0.0205 e. The number of hydrogen-bond acceptors (Lipinski definition) is 6. The van der Waals surface area contributed by atoms with Gasteiger partial charge in [0.05, 0.1) is 0 Å². The van der Waals surface area contributed by atoms with Crippen molar-refractivity contribution in [3.8, 4) is 0 Å². The van der Waals surface area contributed by atoms with E-state index in [1.807, 2.05) is 0 Å². The van der Waals surface area contributed by atoms with E-state index >= 15 is 0 Å². The zero-order chi connectivity index (χ0) is 23.3. The van der Waals surface area contributed by atoms with Crippen LogP contribution in [0.1, 0.15) is 64.5 Å². The highest BCUT2D eigenvalue weighted by Gasteiger charge is 1.98. The Morgan fingerprint density at radius 3 is 1.31 bits per heavy atom. The van der Waals surface area contributed by atoms with Crippen LogP contribution in [0.25, 0.3) is 0 Å². The minimum absolute atomic E-state index is 0.586. The molecule has 0 saturated heterocycles. The number of nitrogens with one attached hydrogen (secondary N) is 6. The van der Waals surface area contributed by atoms with Crippen molar-refractivity contribution in [1.29, 1.82) is 0 Å². The van der Waals surface area contributed by atoms with Gasteiger partial charge >= 0.3 is 0 Å². The SMILES string of the molecule is CC(C)NCCCNCCCNCc1cccc(CNCCCNCCCNC(C)C)c1. The molecule has 0 amide bonds. The highest BCUT2D eigenvalue weighted by Crippen LogP contribution is 2.05. The Hall–Kier alpha value is -1.02. The van der Waals surface area contributed by atoms with Crippen LogP contribution in [0.5, 0.6) is 0 Å². The van der Waals surface area contributed by atoms with Gasteiger partial charge in [0.15, 0.2) is 0 Å². The fourth-order valence-corrected chi connectivity index (χ4v) is 3.45. The Balaban J connectivity index is 1.96. The van der Waals surface area contributed by atoms with Gasteiger partial charge in [0.2, 0.25) is 0 Å². The van der Waals surface area contributed by atoms with Crippen LogP contribution in [0.2, 0.25) is 0 Å². The second kappa shape index (κ2) is 20.6. The fraction of sp³-hybridized carbons (Fsp3) is 0.769. The molecule has 0 heterocycles. The third kappa shape index (κ3) is 18.5. The van der Waals surface area contributed by atoms with Gasteiger partial charge in [-0.05, 0) is 89.2 Å². The Labute approximate surface area is 198 Å². The Kier molecular flexibility index (Phi) is 18.7. The maximum Gasteiger partial charge on any atom is 0.0205 e. The van der Waals surface area contributed by atoms with Crippen molar-refractivity contribution < 1.29 is 0 Å². The molecule has 186 valence electrons. The van der Waals surface area contributed by atoms with Crippen molar-refractivity contribution in [3.05, 3.63) is 35.4 Å². The molecule has 0 aromatic heterocycles. The summed E-state index contributed by atoms with van der Waals surface area (Å²) in [6.07, 6.45) is 4.72. The monoisotopic (exact) mass is 448 g/mol. The molecule has 0 aliphatic rings. The largest absolute Gasteiger partial charge is 0.317 e. The standard InChI is InChI=1S/C26H52N6/c1-23(2)31-18-8-14-27-12-6-16-29-21-25-10-5-11-26(20-25)22-30-17-7-13-28-15-9-19-32-24(3)4/h5,10-11,20,23-24,27-32H,6-9,12-19,21-22H2,1-4H3. The summed E-state index contributed by atoms with van der Waals surface area (Å²) in [5.74, 6) is 0. The van der Waals surface area contributed by atoms with E-state index < -0.39 is 0 Å². The summed E-state index contributed by atoms with van der Waals surface area (Å²) in [5.41, 5.74) is 2.74. The average Bonchev–Trinajstić information content (AvgIpc) is 2.76. The van der Waals surface area contributed by atoms with E-state index in [1.165, 1.54) is 36.8 Å². The Bertz CT molecular complexity index is 492. The molecule has 1 rings (SSSR count). The number of benzene rings is 1. The second-order valence-electron chi connectivity index (χ2n) is 9.31. The molecule has 1 aromatic rings. The van der Waals surface area contributed by atoms with Gasteiger partial charge in [0, 0.05) is 25.2 Å². The molecule has 32 heavy (non-hydrogen) atoms. The molecule has 0 aliphatic carbocycles. The van der Waals surface area contributed by atoms with E-state index in [-0.39, 0.29) is 0 Å². The zero-order valence-electron chi connectivity index (χ0n) is 21.4. The van der Waals surface area contributed by atoms with Crippen molar-refractivity contribution >= 4 is 0 Å². The minimum Gasteiger partial charge on any atom is -0.317 e. The van der Waals surface area contributed by atoms with Crippen molar-refractivity contribution in [2.75, 3.05) is 52.4 Å². The molecule has 0 aliphatic heterocycles. The molecule has 0 atom stereocenters. The first-order valence-corrected chi connectivity index (χ1v) is 13.0. The van der Waals surface area contributed by atoms with Gasteiger partial charge in [0.1, 0.15) is 0 Å². The molecule has 0 spiro atoms. The van der Waals surface area contributed by atoms with Gasteiger partial charge < -0.3 is 31.9 Å². The van der Waals surface area contributed by atoms with Crippen LogP contribution >= 0.6 is 0 Å². The molecule has 0 fully saturated rings. The molecule has 0 bridgehead atoms. The van der Waals surface area contributed by atoms with E-state index in [2.05, 4.69) is 83.9 Å². The first-order valence-electron chi connectivity index (χ1n) is 13.0. The van der Waals surface area contributed by atoms with Crippen LogP contribution in [0.3, 0.4) is 0 Å². The molecule has 6 heteroatoms. The highest BCUT2D eigenvalue weighted by atomic mass is 14.9. The van der Waals surface area contributed by atoms with E-state index in [4.69, 9.17) is 0 Å². The molecule has 0 saturated carbocycles. The normalized spacial score (nSPS) is 11.7. The maximum absolute atomic E-state index is 3.57. The van der Waals surface area contributed by atoms with Crippen molar-refractivity contribution in [3.63, 3.8) is 0 Å². The molecule has 0 radical (unpaired) electrons. The van der Waals surface area contributed by atoms with Crippen LogP contribution in [0, 0.1) is 0 Å². The Morgan fingerprint density at radius 2 is 0.906 bits per heavy atom. The first kappa shape index (κ1) is 29.0. The summed E-state index contributed by atoms with van der Waals surface area (Å²) < 4.78 is 0. The Morgan fingerprint density at radius 1 is 0.531 bits per heavy atom. The first-order chi connectivity index (χ1) is 15.6. The quantitative estimate of drug-likeness (QED) is 0.153. The highest BCUT2D eigenvalue weighted by molar-refractivity contribution is 5.23. The van der Waals surface area contributed by atoms with Crippen molar-refractivity contribution in [2.45, 2.75) is 78.6 Å². The topological polar surface area (TPSA) is 72.2 Å². The van der Waals surface area contributed by atoms with Crippen LogP contribution < -0.4 is 31.9 Å². The van der Waals surface area contributed by atoms with E-state index in [0.717, 1.165) is 65.4 Å². The van der Waals surface area contributed by atoms with Crippen LogP contribution in [0.4, 0.5) is 0 Å². The van der Waals surface area contributed by atoms with Gasteiger partial charge in [-0.3, -0.25) is 0 Å². The van der Waals surface area contributed by atoms with Crippen LogP contribution in [-0.4, -0.2) is 64.4 Å². The molecular weight excluding hydrogens is 396 g/mol. The van der Waals surface area contributed by atoms with Gasteiger partial charge in [-0.1, -0.05) is 52.0 Å². The number of hydrogen-bond donors (Lipinski definition) is 6. The lowest BCUT2D eigenvalue weighted by atomic mass is 10.1. The fourth-order valence-electron chi connectivity index (χ4n) is 3.45. The van der Waals surface area contributed by atoms with E-state index in [0.29, 0.717) is 12.1 Å². The minimum atomic E-state index is 0.586. The lowest BCUT2D eigenvalue weighted by Gasteiger charge is -2.10. The molecular formula is C26H52N6. The molecule has 6 N–H and O–H groups in total. The second-order valence-corrected chi connectivity index (χ2v) is 9.31. The summed E-state index contributed by atoms with van der Waals surface area (Å²) in [6.45, 7) is 19.3. The molecule has 0 unspecified atom stereocenters. The van der Waals surface area contributed by atoms with E-state index in [1.54, 1.807) is 0 Å². The third-order valence-corrected chi connectivity index (χ3v) is 5.23. The zero-order valence-corrected chi connectivity index (χ0v) is 21.4. The van der Waals surface area contributed by atoms with Gasteiger partial charge in [-0.2, -0.15) is 0 Å². The predicted molar refractivity (Wildman–Crippen MR) is 140 cm³/mol. The maximum atomic E-state index is 3.57. The van der Waals surface area contributed by atoms with Crippen molar-refractivity contribution in [2.24, 2.45) is 0 Å². The van der Waals surface area contributed by atoms with Crippen LogP contribution in [0.15, 0.2) is 24.3 Å². The summed E-state index contributed by atoms with van der Waals surface area (Å²) in [7, 11) is 0. The van der Waals surface area contributed by atoms with Gasteiger partial charge in [-0.25, -0.2) is 0 Å². The summed E-state index contributed by atoms with van der Waals surface area (Å²) >= 11 is 0. The van der Waals surface area contributed by atoms with Crippen molar-refractivity contribution in [1.82, 2.24) is 31.9 Å². The van der Waals surface area contributed by atoms with Gasteiger partial charge in [-0.15, -0.1) is 0 Å². The third-order valence-electron chi connectivity index (χ3n) is 5.23. The lowest BCUT2D eigenvalue weighted by molar-refractivity contribution is 0.536.